The van der Waals surface area contributed by atoms with Crippen LogP contribution in [0.1, 0.15) is 20.8 Å². The Morgan fingerprint density at radius 2 is 2.00 bits per heavy atom. The molecule has 0 aliphatic rings. The van der Waals surface area contributed by atoms with Gasteiger partial charge in [0.2, 0.25) is 0 Å². The Bertz CT molecular complexity index is 421. The fraction of sp³-hybridized carbons (Fsp3) is 0.462. The second-order valence-electron chi connectivity index (χ2n) is 4.47. The molecule has 5 heteroatoms. The summed E-state index contributed by atoms with van der Waals surface area (Å²) < 4.78 is 5.49. The molecule has 1 N–H and O–H groups in total. The lowest BCUT2D eigenvalue weighted by molar-refractivity contribution is -0.127. The van der Waals surface area contributed by atoms with Crippen LogP contribution in [-0.2, 0) is 4.79 Å². The van der Waals surface area contributed by atoms with Crippen LogP contribution in [0.3, 0.4) is 0 Å². The van der Waals surface area contributed by atoms with E-state index in [4.69, 9.17) is 27.9 Å². The Morgan fingerprint density at radius 1 is 1.33 bits per heavy atom. The maximum absolute atomic E-state index is 11.7. The highest BCUT2D eigenvalue weighted by atomic mass is 35.5. The third-order valence-electron chi connectivity index (χ3n) is 2.25. The summed E-state index contributed by atoms with van der Waals surface area (Å²) in [5, 5.41) is 3.75. The van der Waals surface area contributed by atoms with Crippen LogP contribution in [0.15, 0.2) is 18.2 Å². The second kappa shape index (κ2) is 6.86. The molecule has 1 rings (SSSR count). The van der Waals surface area contributed by atoms with Gasteiger partial charge in [0, 0.05) is 17.6 Å². The summed E-state index contributed by atoms with van der Waals surface area (Å²) in [4.78, 5) is 11.7. The molecule has 3 nitrogen and oxygen atoms in total. The van der Waals surface area contributed by atoms with Crippen LogP contribution in [0.25, 0.3) is 0 Å². The number of hydrogen-bond acceptors (Lipinski definition) is 2. The largest absolute Gasteiger partial charge is 0.479 e. The Balaban J connectivity index is 2.60. The van der Waals surface area contributed by atoms with Crippen molar-refractivity contribution in [3.63, 3.8) is 0 Å². The Labute approximate surface area is 117 Å². The van der Waals surface area contributed by atoms with Crippen molar-refractivity contribution in [2.75, 3.05) is 6.54 Å². The van der Waals surface area contributed by atoms with E-state index in [1.165, 1.54) is 0 Å². The van der Waals surface area contributed by atoms with E-state index >= 15 is 0 Å². The van der Waals surface area contributed by atoms with Gasteiger partial charge in [-0.25, -0.2) is 0 Å². The number of rotatable bonds is 5. The highest BCUT2D eigenvalue weighted by molar-refractivity contribution is 6.34. The van der Waals surface area contributed by atoms with Crippen molar-refractivity contribution in [1.29, 1.82) is 0 Å². The van der Waals surface area contributed by atoms with Crippen LogP contribution in [0.2, 0.25) is 10.0 Å². The molecule has 1 amide bonds. The molecule has 100 valence electrons. The fourth-order valence-corrected chi connectivity index (χ4v) is 1.58. The quantitative estimate of drug-likeness (QED) is 0.900. The lowest BCUT2D eigenvalue weighted by Crippen LogP contribution is -2.38. The Hall–Kier alpha value is -0.930. The molecular formula is C13H17Cl2NO2. The number of amides is 1. The number of ether oxygens (including phenoxy) is 1. The van der Waals surface area contributed by atoms with E-state index < -0.39 is 6.10 Å². The van der Waals surface area contributed by atoms with Crippen molar-refractivity contribution < 1.29 is 9.53 Å². The van der Waals surface area contributed by atoms with Crippen LogP contribution < -0.4 is 10.1 Å². The number of carbonyl (C=O) groups excluding carboxylic acids is 1. The van der Waals surface area contributed by atoms with Gasteiger partial charge in [0.05, 0.1) is 5.02 Å². The molecule has 1 unspecified atom stereocenters. The minimum Gasteiger partial charge on any atom is -0.479 e. The summed E-state index contributed by atoms with van der Waals surface area (Å²) in [6, 6.07) is 4.90. The van der Waals surface area contributed by atoms with Gasteiger partial charge in [-0.05, 0) is 25.0 Å². The lowest BCUT2D eigenvalue weighted by atomic mass is 10.2. The predicted molar refractivity (Wildman–Crippen MR) is 74.4 cm³/mol. The maximum atomic E-state index is 11.7. The van der Waals surface area contributed by atoms with Crippen molar-refractivity contribution in [2.45, 2.75) is 26.9 Å². The zero-order chi connectivity index (χ0) is 13.7. The van der Waals surface area contributed by atoms with Crippen molar-refractivity contribution in [3.05, 3.63) is 28.2 Å². The molecule has 0 saturated heterocycles. The molecule has 0 spiro atoms. The highest BCUT2D eigenvalue weighted by Gasteiger charge is 2.16. The number of benzene rings is 1. The molecule has 0 fully saturated rings. The molecule has 1 aromatic carbocycles. The van der Waals surface area contributed by atoms with Gasteiger partial charge in [-0.2, -0.15) is 0 Å². The van der Waals surface area contributed by atoms with Gasteiger partial charge in [-0.15, -0.1) is 0 Å². The van der Waals surface area contributed by atoms with Crippen LogP contribution in [0.5, 0.6) is 5.75 Å². The summed E-state index contributed by atoms with van der Waals surface area (Å²) in [5.41, 5.74) is 0. The summed E-state index contributed by atoms with van der Waals surface area (Å²) in [7, 11) is 0. The predicted octanol–water partition coefficient (Wildman–Crippen LogP) is 3.53. The topological polar surface area (TPSA) is 38.3 Å². The SMILES string of the molecule is CC(C)CNC(=O)C(C)Oc1cc(Cl)ccc1Cl. The minimum absolute atomic E-state index is 0.167. The van der Waals surface area contributed by atoms with Crippen molar-refractivity contribution >= 4 is 29.1 Å². The van der Waals surface area contributed by atoms with Gasteiger partial charge >= 0.3 is 0 Å². The number of carbonyl (C=O) groups is 1. The number of hydrogen-bond donors (Lipinski definition) is 1. The third-order valence-corrected chi connectivity index (χ3v) is 2.80. The minimum atomic E-state index is -0.611. The molecule has 18 heavy (non-hydrogen) atoms. The standard InChI is InChI=1S/C13H17Cl2NO2/c1-8(2)7-16-13(17)9(3)18-12-6-10(14)4-5-11(12)15/h4-6,8-9H,7H2,1-3H3,(H,16,17). The monoisotopic (exact) mass is 289 g/mol. The van der Waals surface area contributed by atoms with Gasteiger partial charge in [0.15, 0.2) is 6.10 Å². The van der Waals surface area contributed by atoms with Gasteiger partial charge in [-0.1, -0.05) is 37.0 Å². The van der Waals surface area contributed by atoms with Crippen LogP contribution >= 0.6 is 23.2 Å². The van der Waals surface area contributed by atoms with E-state index in [1.807, 2.05) is 13.8 Å². The smallest absolute Gasteiger partial charge is 0.260 e. The van der Waals surface area contributed by atoms with Crippen LogP contribution in [0.4, 0.5) is 0 Å². The molecule has 0 heterocycles. The zero-order valence-electron chi connectivity index (χ0n) is 10.7. The number of nitrogens with one attached hydrogen (secondary N) is 1. The molecule has 0 bridgehead atoms. The first-order chi connectivity index (χ1) is 8.40. The zero-order valence-corrected chi connectivity index (χ0v) is 12.2. The van der Waals surface area contributed by atoms with E-state index in [1.54, 1.807) is 25.1 Å². The number of halogens is 2. The van der Waals surface area contributed by atoms with E-state index in [-0.39, 0.29) is 5.91 Å². The first-order valence-electron chi connectivity index (χ1n) is 5.79. The highest BCUT2D eigenvalue weighted by Crippen LogP contribution is 2.28. The van der Waals surface area contributed by atoms with E-state index in [0.717, 1.165) is 0 Å². The molecule has 0 radical (unpaired) electrons. The average Bonchev–Trinajstić information content (AvgIpc) is 2.30. The Kier molecular flexibility index (Phi) is 5.76. The summed E-state index contributed by atoms with van der Waals surface area (Å²) in [6.07, 6.45) is -0.611. The third kappa shape index (κ3) is 4.75. The van der Waals surface area contributed by atoms with Crippen molar-refractivity contribution in [2.24, 2.45) is 5.92 Å². The molecule has 0 aromatic heterocycles. The molecule has 1 atom stereocenters. The molecule has 1 aromatic rings. The first-order valence-corrected chi connectivity index (χ1v) is 6.55. The summed E-state index contributed by atoms with van der Waals surface area (Å²) in [6.45, 7) is 6.35. The first kappa shape index (κ1) is 15.1. The van der Waals surface area contributed by atoms with E-state index in [9.17, 15) is 4.79 Å². The normalized spacial score (nSPS) is 12.3. The molecular weight excluding hydrogens is 273 g/mol. The summed E-state index contributed by atoms with van der Waals surface area (Å²) >= 11 is 11.8. The molecule has 0 aliphatic heterocycles. The molecule has 0 saturated carbocycles. The van der Waals surface area contributed by atoms with E-state index in [2.05, 4.69) is 5.32 Å². The van der Waals surface area contributed by atoms with Crippen molar-refractivity contribution in [3.8, 4) is 5.75 Å². The van der Waals surface area contributed by atoms with Crippen LogP contribution in [-0.4, -0.2) is 18.6 Å². The van der Waals surface area contributed by atoms with Gasteiger partial charge in [-0.3, -0.25) is 4.79 Å². The maximum Gasteiger partial charge on any atom is 0.260 e. The van der Waals surface area contributed by atoms with Gasteiger partial charge < -0.3 is 10.1 Å². The lowest BCUT2D eigenvalue weighted by Gasteiger charge is -2.16. The van der Waals surface area contributed by atoms with E-state index in [0.29, 0.717) is 28.3 Å². The Morgan fingerprint density at radius 3 is 2.61 bits per heavy atom. The fourth-order valence-electron chi connectivity index (χ4n) is 1.26. The van der Waals surface area contributed by atoms with Crippen LogP contribution in [0, 0.1) is 5.92 Å². The van der Waals surface area contributed by atoms with Crippen molar-refractivity contribution in [1.82, 2.24) is 5.32 Å². The van der Waals surface area contributed by atoms with Gasteiger partial charge in [0.25, 0.3) is 5.91 Å². The average molecular weight is 290 g/mol. The van der Waals surface area contributed by atoms with Gasteiger partial charge in [0.1, 0.15) is 5.75 Å². The summed E-state index contributed by atoms with van der Waals surface area (Å²) in [5.74, 6) is 0.645. The second-order valence-corrected chi connectivity index (χ2v) is 5.32. The molecule has 0 aliphatic carbocycles.